The number of hydrogen-bond acceptors (Lipinski definition) is 3. The Kier molecular flexibility index (Phi) is 4.07. The van der Waals surface area contributed by atoms with Gasteiger partial charge in [0, 0.05) is 24.5 Å². The molecule has 0 atom stereocenters. The van der Waals surface area contributed by atoms with Gasteiger partial charge in [-0.15, -0.1) is 0 Å². The van der Waals surface area contributed by atoms with E-state index in [4.69, 9.17) is 0 Å². The van der Waals surface area contributed by atoms with E-state index in [0.717, 1.165) is 31.0 Å². The van der Waals surface area contributed by atoms with E-state index in [2.05, 4.69) is 42.0 Å². The largest absolute Gasteiger partial charge is 0.326 e. The van der Waals surface area contributed by atoms with Crippen LogP contribution in [0.4, 0.5) is 5.69 Å². The zero-order valence-electron chi connectivity index (χ0n) is 10.1. The predicted molar refractivity (Wildman–Crippen MR) is 73.6 cm³/mol. The molecule has 3 nitrogen and oxygen atoms in total. The number of amides is 1. The van der Waals surface area contributed by atoms with Crippen LogP contribution in [-0.4, -0.2) is 30.3 Å². The van der Waals surface area contributed by atoms with Gasteiger partial charge in [0.25, 0.3) is 0 Å². The van der Waals surface area contributed by atoms with Crippen LogP contribution in [0.5, 0.6) is 0 Å². The quantitative estimate of drug-likeness (QED) is 0.632. The van der Waals surface area contributed by atoms with E-state index in [1.54, 1.807) is 0 Å². The minimum Gasteiger partial charge on any atom is -0.326 e. The third-order valence-electron chi connectivity index (χ3n) is 3.09. The Balaban J connectivity index is 2.04. The molecule has 1 aromatic carbocycles. The van der Waals surface area contributed by atoms with Crippen molar-refractivity contribution in [1.29, 1.82) is 0 Å². The number of hydrogen-bond donors (Lipinski definition) is 2. The van der Waals surface area contributed by atoms with E-state index in [0.29, 0.717) is 6.42 Å². The highest BCUT2D eigenvalue weighted by atomic mass is 32.1. The smallest absolute Gasteiger partial charge is 0.224 e. The zero-order chi connectivity index (χ0) is 12.3. The van der Waals surface area contributed by atoms with Gasteiger partial charge in [0.15, 0.2) is 0 Å². The molecule has 4 heteroatoms. The zero-order valence-corrected chi connectivity index (χ0v) is 11.0. The molecule has 0 aliphatic carbocycles. The van der Waals surface area contributed by atoms with Crippen molar-refractivity contribution < 1.29 is 4.79 Å². The summed E-state index contributed by atoms with van der Waals surface area (Å²) in [5.41, 5.74) is 3.57. The number of benzene rings is 1. The van der Waals surface area contributed by atoms with Crippen LogP contribution in [0.2, 0.25) is 0 Å². The number of nitrogens with zero attached hydrogens (tertiary/aromatic N) is 1. The van der Waals surface area contributed by atoms with Crippen molar-refractivity contribution in [2.24, 2.45) is 0 Å². The number of carbonyl (C=O) groups is 1. The van der Waals surface area contributed by atoms with E-state index in [1.165, 1.54) is 11.1 Å². The molecule has 1 aliphatic rings. The molecular formula is C13H18N2OS. The molecule has 0 fully saturated rings. The molecule has 0 saturated carbocycles. The molecule has 0 spiro atoms. The summed E-state index contributed by atoms with van der Waals surface area (Å²) < 4.78 is 0. The number of aryl methyl sites for hydroxylation is 1. The van der Waals surface area contributed by atoms with Gasteiger partial charge in [-0.25, -0.2) is 0 Å². The highest BCUT2D eigenvalue weighted by molar-refractivity contribution is 7.80. The van der Waals surface area contributed by atoms with Crippen LogP contribution in [-0.2, 0) is 17.6 Å². The van der Waals surface area contributed by atoms with Gasteiger partial charge in [0.05, 0.1) is 0 Å². The van der Waals surface area contributed by atoms with Gasteiger partial charge in [-0.05, 0) is 37.1 Å². The third-order valence-corrected chi connectivity index (χ3v) is 3.57. The molecule has 1 heterocycles. The number of nitrogens with one attached hydrogen (secondary N) is 1. The van der Waals surface area contributed by atoms with Crippen LogP contribution in [0.15, 0.2) is 18.2 Å². The lowest BCUT2D eigenvalue weighted by atomic mass is 9.99. The first-order chi connectivity index (χ1) is 8.19. The minimum atomic E-state index is 0.125. The van der Waals surface area contributed by atoms with Crippen molar-refractivity contribution in [1.82, 2.24) is 4.90 Å². The summed E-state index contributed by atoms with van der Waals surface area (Å²) in [6.45, 7) is 1.01. The Hall–Kier alpha value is -1.00. The first-order valence-electron chi connectivity index (χ1n) is 5.90. The first kappa shape index (κ1) is 12.5. The molecule has 0 saturated heterocycles. The normalized spacial score (nSPS) is 14.6. The number of carbonyl (C=O) groups excluding carboxylic acids is 1. The molecule has 0 unspecified atom stereocenters. The Morgan fingerprint density at radius 3 is 3.00 bits per heavy atom. The van der Waals surface area contributed by atoms with Crippen LogP contribution in [0, 0.1) is 0 Å². The lowest BCUT2D eigenvalue weighted by molar-refractivity contribution is -0.116. The number of rotatable bonds is 4. The van der Waals surface area contributed by atoms with E-state index in [-0.39, 0.29) is 5.91 Å². The monoisotopic (exact) mass is 250 g/mol. The standard InChI is InChI=1S/C13H18N2OS/c1-15(9-17)7-6-10-2-4-12-11(8-10)3-5-13(16)14-12/h2,4,8,17H,3,5-7,9H2,1H3,(H,14,16). The molecule has 0 aromatic heterocycles. The molecule has 1 aliphatic heterocycles. The van der Waals surface area contributed by atoms with Gasteiger partial charge < -0.3 is 5.32 Å². The molecule has 0 radical (unpaired) electrons. The minimum absolute atomic E-state index is 0.125. The van der Waals surface area contributed by atoms with Gasteiger partial charge in [-0.2, -0.15) is 12.6 Å². The number of fused-ring (bicyclic) bond motifs is 1. The maximum absolute atomic E-state index is 11.2. The fourth-order valence-corrected chi connectivity index (χ4v) is 2.12. The van der Waals surface area contributed by atoms with Crippen molar-refractivity contribution in [2.75, 3.05) is 24.8 Å². The number of likely N-dealkylation sites (N-methyl/N-ethyl adjacent to an activating group) is 1. The Labute approximate surface area is 108 Å². The molecular weight excluding hydrogens is 232 g/mol. The summed E-state index contributed by atoms with van der Waals surface area (Å²) in [6, 6.07) is 6.32. The van der Waals surface area contributed by atoms with Gasteiger partial charge in [-0.3, -0.25) is 9.69 Å². The second-order valence-electron chi connectivity index (χ2n) is 4.51. The van der Waals surface area contributed by atoms with Crippen molar-refractivity contribution in [2.45, 2.75) is 19.3 Å². The Morgan fingerprint density at radius 2 is 2.24 bits per heavy atom. The van der Waals surface area contributed by atoms with Crippen molar-refractivity contribution in [3.63, 3.8) is 0 Å². The maximum atomic E-state index is 11.2. The molecule has 17 heavy (non-hydrogen) atoms. The van der Waals surface area contributed by atoms with Gasteiger partial charge in [0.1, 0.15) is 0 Å². The fraction of sp³-hybridized carbons (Fsp3) is 0.462. The van der Waals surface area contributed by atoms with E-state index >= 15 is 0 Å². The number of thiol groups is 1. The van der Waals surface area contributed by atoms with Crippen LogP contribution in [0.1, 0.15) is 17.5 Å². The van der Waals surface area contributed by atoms with Crippen molar-refractivity contribution in [3.05, 3.63) is 29.3 Å². The van der Waals surface area contributed by atoms with E-state index in [9.17, 15) is 4.79 Å². The maximum Gasteiger partial charge on any atom is 0.224 e. The van der Waals surface area contributed by atoms with Crippen molar-refractivity contribution >= 4 is 24.2 Å². The Bertz CT molecular complexity index is 420. The third kappa shape index (κ3) is 3.23. The summed E-state index contributed by atoms with van der Waals surface area (Å²) in [7, 11) is 2.06. The summed E-state index contributed by atoms with van der Waals surface area (Å²) in [5, 5.41) is 2.90. The molecule has 1 amide bonds. The fourth-order valence-electron chi connectivity index (χ4n) is 1.98. The van der Waals surface area contributed by atoms with Crippen LogP contribution in [0.3, 0.4) is 0 Å². The first-order valence-corrected chi connectivity index (χ1v) is 6.53. The van der Waals surface area contributed by atoms with E-state index < -0.39 is 0 Å². The summed E-state index contributed by atoms with van der Waals surface area (Å²) in [6.07, 6.45) is 2.49. The summed E-state index contributed by atoms with van der Waals surface area (Å²) in [4.78, 5) is 13.4. The van der Waals surface area contributed by atoms with Gasteiger partial charge in [-0.1, -0.05) is 12.1 Å². The van der Waals surface area contributed by atoms with E-state index in [1.807, 2.05) is 6.07 Å². The van der Waals surface area contributed by atoms with Gasteiger partial charge in [0.2, 0.25) is 5.91 Å². The summed E-state index contributed by atoms with van der Waals surface area (Å²) in [5.74, 6) is 0.904. The Morgan fingerprint density at radius 1 is 1.41 bits per heavy atom. The summed E-state index contributed by atoms with van der Waals surface area (Å²) >= 11 is 4.23. The van der Waals surface area contributed by atoms with Crippen LogP contribution in [0.25, 0.3) is 0 Å². The number of anilines is 1. The molecule has 0 bridgehead atoms. The average Bonchev–Trinajstić information content (AvgIpc) is 2.35. The highest BCUT2D eigenvalue weighted by Crippen LogP contribution is 2.23. The molecule has 92 valence electrons. The molecule has 1 aromatic rings. The topological polar surface area (TPSA) is 32.3 Å². The average molecular weight is 250 g/mol. The lowest BCUT2D eigenvalue weighted by Crippen LogP contribution is -2.20. The lowest BCUT2D eigenvalue weighted by Gasteiger charge is -2.18. The van der Waals surface area contributed by atoms with Gasteiger partial charge >= 0.3 is 0 Å². The molecule has 2 rings (SSSR count). The van der Waals surface area contributed by atoms with Crippen LogP contribution >= 0.6 is 12.6 Å². The second kappa shape index (κ2) is 5.56. The van der Waals surface area contributed by atoms with Crippen LogP contribution < -0.4 is 5.32 Å². The second-order valence-corrected chi connectivity index (χ2v) is 4.79. The van der Waals surface area contributed by atoms with Crippen molar-refractivity contribution in [3.8, 4) is 0 Å². The molecule has 1 N–H and O–H groups in total. The predicted octanol–water partition coefficient (Wildman–Crippen LogP) is 1.93. The highest BCUT2D eigenvalue weighted by Gasteiger charge is 2.14. The SMILES string of the molecule is CN(CS)CCc1ccc2c(c1)CCC(=O)N2.